The quantitative estimate of drug-likeness (QED) is 0.807. The van der Waals surface area contributed by atoms with Crippen molar-refractivity contribution in [1.82, 2.24) is 9.29 Å². The molecule has 27 heavy (non-hydrogen) atoms. The fraction of sp³-hybridized carbons (Fsp3) is 0.294. The monoisotopic (exact) mass is 401 g/mol. The lowest BCUT2D eigenvalue weighted by molar-refractivity contribution is -0.137. The smallest absolute Gasteiger partial charge is 0.310 e. The van der Waals surface area contributed by atoms with E-state index in [1.807, 2.05) is 6.92 Å². The summed E-state index contributed by atoms with van der Waals surface area (Å²) in [6.07, 6.45) is -3.06. The molecule has 0 aliphatic heterocycles. The first kappa shape index (κ1) is 20.8. The van der Waals surface area contributed by atoms with Crippen LogP contribution < -0.4 is 5.32 Å². The van der Waals surface area contributed by atoms with Gasteiger partial charge in [-0.25, -0.2) is 13.4 Å². The predicted molar refractivity (Wildman–Crippen MR) is 94.3 cm³/mol. The summed E-state index contributed by atoms with van der Waals surface area (Å²) >= 11 is 0. The number of nitrogens with one attached hydrogen (secondary N) is 1. The minimum Gasteiger partial charge on any atom is -0.310 e. The number of amides is 1. The number of aryl methyl sites for hydroxylation is 1. The number of anilines is 1. The Bertz CT molecular complexity index is 930. The molecule has 0 unspecified atom stereocenters. The van der Waals surface area contributed by atoms with E-state index in [0.717, 1.165) is 28.1 Å². The van der Waals surface area contributed by atoms with Crippen LogP contribution >= 0.6 is 0 Å². The Morgan fingerprint density at radius 3 is 2.56 bits per heavy atom. The highest BCUT2D eigenvalue weighted by atomic mass is 32.2. The number of hydrogen-bond acceptors (Lipinski definition) is 4. The number of alkyl halides is 3. The molecule has 10 heteroatoms. The van der Waals surface area contributed by atoms with Gasteiger partial charge in [0, 0.05) is 13.2 Å². The summed E-state index contributed by atoms with van der Waals surface area (Å²) in [7, 11) is -2.80. The Hall–Kier alpha value is -2.46. The van der Waals surface area contributed by atoms with Crippen molar-refractivity contribution in [3.8, 4) is 0 Å². The van der Waals surface area contributed by atoms with Crippen LogP contribution in [0.15, 0.2) is 42.6 Å². The van der Waals surface area contributed by atoms with Gasteiger partial charge in [0.2, 0.25) is 15.9 Å². The predicted octanol–water partition coefficient (Wildman–Crippen LogP) is 2.81. The van der Waals surface area contributed by atoms with E-state index in [9.17, 15) is 26.4 Å². The molecule has 146 valence electrons. The number of sulfonamides is 1. The Morgan fingerprint density at radius 1 is 1.22 bits per heavy atom. The van der Waals surface area contributed by atoms with Gasteiger partial charge in [0.1, 0.15) is 5.82 Å². The Kier molecular flexibility index (Phi) is 6.22. The van der Waals surface area contributed by atoms with E-state index in [4.69, 9.17) is 0 Å². The molecule has 1 N–H and O–H groups in total. The van der Waals surface area contributed by atoms with E-state index in [2.05, 4.69) is 10.3 Å². The Morgan fingerprint density at radius 2 is 1.93 bits per heavy atom. The maximum absolute atomic E-state index is 12.7. The maximum atomic E-state index is 12.7. The standard InChI is InChI=1S/C17H18F3N3O3S/c1-12-6-7-21-15(8-12)22-16(24)10-23(2)27(25,26)11-13-4-3-5-14(9-13)17(18,19)20/h3-9H,10-11H2,1-2H3,(H,21,22,24). The van der Waals surface area contributed by atoms with Crippen molar-refractivity contribution < 1.29 is 26.4 Å². The van der Waals surface area contributed by atoms with Crippen molar-refractivity contribution in [3.63, 3.8) is 0 Å². The number of carbonyl (C=O) groups excluding carboxylic acids is 1. The van der Waals surface area contributed by atoms with Crippen LogP contribution in [0, 0.1) is 6.92 Å². The highest BCUT2D eigenvalue weighted by Gasteiger charge is 2.31. The van der Waals surface area contributed by atoms with Crippen LogP contribution in [0.25, 0.3) is 0 Å². The lowest BCUT2D eigenvalue weighted by atomic mass is 10.1. The fourth-order valence-electron chi connectivity index (χ4n) is 2.25. The molecule has 0 bridgehead atoms. The molecule has 1 heterocycles. The van der Waals surface area contributed by atoms with Gasteiger partial charge in [-0.1, -0.05) is 18.2 Å². The van der Waals surface area contributed by atoms with E-state index >= 15 is 0 Å². The van der Waals surface area contributed by atoms with Gasteiger partial charge < -0.3 is 5.32 Å². The van der Waals surface area contributed by atoms with Crippen LogP contribution in [0.2, 0.25) is 0 Å². The third-order valence-electron chi connectivity index (χ3n) is 3.63. The van der Waals surface area contributed by atoms with Crippen molar-refractivity contribution in [2.75, 3.05) is 18.9 Å². The van der Waals surface area contributed by atoms with Crippen LogP contribution in [0.5, 0.6) is 0 Å². The molecule has 6 nitrogen and oxygen atoms in total. The average molecular weight is 401 g/mol. The molecule has 0 saturated carbocycles. The van der Waals surface area contributed by atoms with E-state index in [1.54, 1.807) is 12.1 Å². The van der Waals surface area contributed by atoms with Crippen molar-refractivity contribution >= 4 is 21.7 Å². The first-order chi connectivity index (χ1) is 12.5. The Labute approximate surface area is 155 Å². The fourth-order valence-corrected chi connectivity index (χ4v) is 3.38. The average Bonchev–Trinajstić information content (AvgIpc) is 2.53. The van der Waals surface area contributed by atoms with Gasteiger partial charge in [0.05, 0.1) is 17.9 Å². The van der Waals surface area contributed by atoms with E-state index in [-0.39, 0.29) is 11.4 Å². The first-order valence-electron chi connectivity index (χ1n) is 7.80. The molecule has 0 aliphatic carbocycles. The van der Waals surface area contributed by atoms with Crippen molar-refractivity contribution in [3.05, 3.63) is 59.3 Å². The summed E-state index contributed by atoms with van der Waals surface area (Å²) in [5.41, 5.74) is -0.0793. The van der Waals surface area contributed by atoms with Crippen molar-refractivity contribution in [2.24, 2.45) is 0 Å². The summed E-state index contributed by atoms with van der Waals surface area (Å²) in [6.45, 7) is 1.32. The second-order valence-electron chi connectivity index (χ2n) is 5.98. The third-order valence-corrected chi connectivity index (χ3v) is 5.40. The number of rotatable bonds is 6. The van der Waals surface area contributed by atoms with Crippen LogP contribution in [0.3, 0.4) is 0 Å². The van der Waals surface area contributed by atoms with Gasteiger partial charge in [-0.15, -0.1) is 0 Å². The molecule has 0 atom stereocenters. The SMILES string of the molecule is Cc1ccnc(NC(=O)CN(C)S(=O)(=O)Cc2cccc(C(F)(F)F)c2)c1. The van der Waals surface area contributed by atoms with Crippen LogP contribution in [-0.2, 0) is 26.7 Å². The normalized spacial score (nSPS) is 12.2. The Balaban J connectivity index is 2.04. The second kappa shape index (κ2) is 8.05. The number of nitrogens with zero attached hydrogens (tertiary/aromatic N) is 2. The van der Waals surface area contributed by atoms with E-state index in [0.29, 0.717) is 0 Å². The third kappa shape index (κ3) is 6.04. The first-order valence-corrected chi connectivity index (χ1v) is 9.41. The molecule has 0 radical (unpaired) electrons. The highest BCUT2D eigenvalue weighted by molar-refractivity contribution is 7.88. The van der Waals surface area contributed by atoms with E-state index < -0.39 is 40.0 Å². The molecule has 0 aliphatic rings. The lowest BCUT2D eigenvalue weighted by Crippen LogP contribution is -2.35. The number of halogens is 3. The summed E-state index contributed by atoms with van der Waals surface area (Å²) in [5, 5.41) is 2.47. The van der Waals surface area contributed by atoms with E-state index in [1.165, 1.54) is 19.3 Å². The molecule has 2 rings (SSSR count). The van der Waals surface area contributed by atoms with Gasteiger partial charge >= 0.3 is 6.18 Å². The zero-order valence-electron chi connectivity index (χ0n) is 14.6. The molecule has 1 aromatic heterocycles. The van der Waals surface area contributed by atoms with Crippen LogP contribution in [0.1, 0.15) is 16.7 Å². The number of likely N-dealkylation sites (N-methyl/N-ethyl adjacent to an activating group) is 1. The number of aromatic nitrogens is 1. The summed E-state index contributed by atoms with van der Waals surface area (Å²) in [6, 6.07) is 7.43. The zero-order chi connectivity index (χ0) is 20.2. The van der Waals surface area contributed by atoms with Crippen LogP contribution in [0.4, 0.5) is 19.0 Å². The highest BCUT2D eigenvalue weighted by Crippen LogP contribution is 2.30. The lowest BCUT2D eigenvalue weighted by Gasteiger charge is -2.17. The molecular weight excluding hydrogens is 383 g/mol. The summed E-state index contributed by atoms with van der Waals surface area (Å²) < 4.78 is 63.7. The summed E-state index contributed by atoms with van der Waals surface area (Å²) in [5.74, 6) is -0.976. The molecular formula is C17H18F3N3O3S. The summed E-state index contributed by atoms with van der Waals surface area (Å²) in [4.78, 5) is 16.0. The van der Waals surface area contributed by atoms with Crippen molar-refractivity contribution in [2.45, 2.75) is 18.9 Å². The number of pyridine rings is 1. The van der Waals surface area contributed by atoms with Gasteiger partial charge in [0.25, 0.3) is 0 Å². The molecule has 0 saturated heterocycles. The van der Waals surface area contributed by atoms with Gasteiger partial charge in [-0.3, -0.25) is 4.79 Å². The molecule has 1 amide bonds. The largest absolute Gasteiger partial charge is 0.416 e. The zero-order valence-corrected chi connectivity index (χ0v) is 15.4. The minimum absolute atomic E-state index is 0.0163. The molecule has 0 spiro atoms. The number of carbonyl (C=O) groups is 1. The molecule has 2 aromatic rings. The van der Waals surface area contributed by atoms with Crippen molar-refractivity contribution in [1.29, 1.82) is 0 Å². The van der Waals surface area contributed by atoms with Gasteiger partial charge in [-0.05, 0) is 36.2 Å². The second-order valence-corrected chi connectivity index (χ2v) is 8.05. The minimum atomic E-state index is -4.56. The van der Waals surface area contributed by atoms with Crippen LogP contribution in [-0.4, -0.2) is 37.2 Å². The molecule has 1 aromatic carbocycles. The number of benzene rings is 1. The van der Waals surface area contributed by atoms with Gasteiger partial charge in [-0.2, -0.15) is 17.5 Å². The number of hydrogen-bond donors (Lipinski definition) is 1. The van der Waals surface area contributed by atoms with Gasteiger partial charge in [0.15, 0.2) is 0 Å². The molecule has 0 fully saturated rings. The maximum Gasteiger partial charge on any atom is 0.416 e. The topological polar surface area (TPSA) is 79.4 Å².